The number of nitrogens with two attached hydrogens (primary N) is 1. The van der Waals surface area contributed by atoms with Crippen LogP contribution in [0.5, 0.6) is 0 Å². The number of anilines is 2. The van der Waals surface area contributed by atoms with Crippen molar-refractivity contribution in [1.82, 2.24) is 5.32 Å². The SMILES string of the molecule is NC(=O)Nc1ccc(CNC(=O)C2CC(=O)N(c3ccccc3F)C2)cc1. The first-order chi connectivity index (χ1) is 12.9. The number of amides is 4. The van der Waals surface area contributed by atoms with Crippen LogP contribution >= 0.6 is 0 Å². The van der Waals surface area contributed by atoms with Gasteiger partial charge in [0, 0.05) is 25.2 Å². The van der Waals surface area contributed by atoms with Crippen LogP contribution in [0.2, 0.25) is 0 Å². The molecule has 4 N–H and O–H groups in total. The maximum atomic E-state index is 13.9. The van der Waals surface area contributed by atoms with E-state index >= 15 is 0 Å². The molecule has 2 aromatic carbocycles. The highest BCUT2D eigenvalue weighted by atomic mass is 19.1. The lowest BCUT2D eigenvalue weighted by atomic mass is 10.1. The van der Waals surface area contributed by atoms with Gasteiger partial charge in [-0.25, -0.2) is 9.18 Å². The zero-order valence-corrected chi connectivity index (χ0v) is 14.4. The molecule has 0 spiro atoms. The van der Waals surface area contributed by atoms with Crippen molar-refractivity contribution in [2.75, 3.05) is 16.8 Å². The number of benzene rings is 2. The van der Waals surface area contributed by atoms with E-state index in [1.54, 1.807) is 36.4 Å². The van der Waals surface area contributed by atoms with Gasteiger partial charge in [0.05, 0.1) is 11.6 Å². The number of carbonyl (C=O) groups is 3. The van der Waals surface area contributed by atoms with Gasteiger partial charge in [0.15, 0.2) is 0 Å². The van der Waals surface area contributed by atoms with E-state index in [1.165, 1.54) is 17.0 Å². The van der Waals surface area contributed by atoms with Gasteiger partial charge in [-0.2, -0.15) is 0 Å². The summed E-state index contributed by atoms with van der Waals surface area (Å²) in [6.07, 6.45) is 0.0433. The van der Waals surface area contributed by atoms with E-state index in [1.807, 2.05) is 0 Å². The minimum absolute atomic E-state index is 0.0433. The fourth-order valence-electron chi connectivity index (χ4n) is 2.97. The van der Waals surface area contributed by atoms with Crippen LogP contribution in [0, 0.1) is 11.7 Å². The van der Waals surface area contributed by atoms with Crippen molar-refractivity contribution < 1.29 is 18.8 Å². The van der Waals surface area contributed by atoms with E-state index in [4.69, 9.17) is 5.73 Å². The average molecular weight is 370 g/mol. The van der Waals surface area contributed by atoms with Gasteiger partial charge in [-0.1, -0.05) is 24.3 Å². The van der Waals surface area contributed by atoms with Crippen molar-refractivity contribution in [3.8, 4) is 0 Å². The molecule has 7 nitrogen and oxygen atoms in total. The number of nitrogens with one attached hydrogen (secondary N) is 2. The largest absolute Gasteiger partial charge is 0.352 e. The molecule has 3 rings (SSSR count). The Morgan fingerprint density at radius 1 is 1.15 bits per heavy atom. The molecule has 8 heteroatoms. The second-order valence-electron chi connectivity index (χ2n) is 6.26. The van der Waals surface area contributed by atoms with Gasteiger partial charge in [-0.05, 0) is 29.8 Å². The maximum absolute atomic E-state index is 13.9. The summed E-state index contributed by atoms with van der Waals surface area (Å²) in [6.45, 7) is 0.424. The van der Waals surface area contributed by atoms with Crippen LogP contribution in [0.1, 0.15) is 12.0 Å². The van der Waals surface area contributed by atoms with Crippen LogP contribution in [0.3, 0.4) is 0 Å². The average Bonchev–Trinajstić information content (AvgIpc) is 3.02. The number of para-hydroxylation sites is 1. The molecule has 0 saturated carbocycles. The van der Waals surface area contributed by atoms with Crippen LogP contribution in [0.25, 0.3) is 0 Å². The zero-order chi connectivity index (χ0) is 19.4. The van der Waals surface area contributed by atoms with Gasteiger partial charge in [0.2, 0.25) is 11.8 Å². The Labute approximate surface area is 155 Å². The number of urea groups is 1. The molecular formula is C19H19FN4O3. The van der Waals surface area contributed by atoms with E-state index in [0.717, 1.165) is 5.56 Å². The Hall–Kier alpha value is -3.42. The third kappa shape index (κ3) is 4.41. The minimum atomic E-state index is -0.652. The first-order valence-corrected chi connectivity index (χ1v) is 8.42. The Bertz CT molecular complexity index is 870. The van der Waals surface area contributed by atoms with Crippen molar-refractivity contribution >= 4 is 29.2 Å². The summed E-state index contributed by atoms with van der Waals surface area (Å²) in [5, 5.41) is 5.23. The van der Waals surface area contributed by atoms with E-state index in [-0.39, 0.29) is 37.0 Å². The number of hydrogen-bond donors (Lipinski definition) is 3. The Balaban J connectivity index is 1.57. The molecule has 4 amide bonds. The van der Waals surface area contributed by atoms with Crippen LogP contribution < -0.4 is 21.3 Å². The lowest BCUT2D eigenvalue weighted by Crippen LogP contribution is -2.32. The number of primary amides is 1. The van der Waals surface area contributed by atoms with Gasteiger partial charge in [0.1, 0.15) is 5.82 Å². The van der Waals surface area contributed by atoms with E-state index < -0.39 is 17.8 Å². The number of rotatable bonds is 5. The quantitative estimate of drug-likeness (QED) is 0.749. The first kappa shape index (κ1) is 18.4. The molecular weight excluding hydrogens is 351 g/mol. The molecule has 1 unspecified atom stereocenters. The molecule has 140 valence electrons. The summed E-state index contributed by atoms with van der Waals surface area (Å²) in [7, 11) is 0. The second-order valence-corrected chi connectivity index (χ2v) is 6.26. The molecule has 2 aromatic rings. The fourth-order valence-corrected chi connectivity index (χ4v) is 2.97. The molecule has 1 saturated heterocycles. The monoisotopic (exact) mass is 370 g/mol. The fraction of sp³-hybridized carbons (Fsp3) is 0.211. The minimum Gasteiger partial charge on any atom is -0.352 e. The predicted molar refractivity (Wildman–Crippen MR) is 98.4 cm³/mol. The van der Waals surface area contributed by atoms with Crippen LogP contribution in [-0.2, 0) is 16.1 Å². The molecule has 0 aliphatic carbocycles. The lowest BCUT2D eigenvalue weighted by molar-refractivity contribution is -0.126. The highest BCUT2D eigenvalue weighted by Gasteiger charge is 2.35. The van der Waals surface area contributed by atoms with Crippen LogP contribution in [0.15, 0.2) is 48.5 Å². The van der Waals surface area contributed by atoms with E-state index in [0.29, 0.717) is 5.69 Å². The molecule has 0 aromatic heterocycles. The maximum Gasteiger partial charge on any atom is 0.316 e. The van der Waals surface area contributed by atoms with Crippen LogP contribution in [-0.4, -0.2) is 24.4 Å². The third-order valence-electron chi connectivity index (χ3n) is 4.33. The van der Waals surface area contributed by atoms with Crippen molar-refractivity contribution in [1.29, 1.82) is 0 Å². The molecule has 0 radical (unpaired) electrons. The highest BCUT2D eigenvalue weighted by molar-refractivity contribution is 6.00. The van der Waals surface area contributed by atoms with Gasteiger partial charge in [0.25, 0.3) is 0 Å². The topological polar surface area (TPSA) is 105 Å². The number of halogens is 1. The summed E-state index contributed by atoms with van der Waals surface area (Å²) in [6, 6.07) is 12.2. The molecule has 1 atom stereocenters. The Morgan fingerprint density at radius 2 is 1.85 bits per heavy atom. The molecule has 1 heterocycles. The molecule has 27 heavy (non-hydrogen) atoms. The van der Waals surface area contributed by atoms with Gasteiger partial charge >= 0.3 is 6.03 Å². The van der Waals surface area contributed by atoms with Crippen molar-refractivity contribution in [3.63, 3.8) is 0 Å². The highest BCUT2D eigenvalue weighted by Crippen LogP contribution is 2.27. The third-order valence-corrected chi connectivity index (χ3v) is 4.33. The molecule has 1 fully saturated rings. The second kappa shape index (κ2) is 7.86. The summed E-state index contributed by atoms with van der Waals surface area (Å²) in [5.41, 5.74) is 6.62. The van der Waals surface area contributed by atoms with Gasteiger partial charge < -0.3 is 21.3 Å². The molecule has 0 bridgehead atoms. The first-order valence-electron chi connectivity index (χ1n) is 8.42. The smallest absolute Gasteiger partial charge is 0.316 e. The predicted octanol–water partition coefficient (Wildman–Crippen LogP) is 1.99. The summed E-state index contributed by atoms with van der Waals surface area (Å²) < 4.78 is 13.9. The standard InChI is InChI=1S/C19H19FN4O3/c20-15-3-1-2-4-16(15)24-11-13(9-17(24)25)18(26)22-10-12-5-7-14(8-6-12)23-19(21)27/h1-8,13H,9-11H2,(H,22,26)(H3,21,23,27). The lowest BCUT2D eigenvalue weighted by Gasteiger charge is -2.17. The van der Waals surface area contributed by atoms with E-state index in [2.05, 4.69) is 10.6 Å². The summed E-state index contributed by atoms with van der Waals surface area (Å²) in [4.78, 5) is 36.7. The van der Waals surface area contributed by atoms with Crippen molar-refractivity contribution in [2.24, 2.45) is 11.7 Å². The van der Waals surface area contributed by atoms with Crippen molar-refractivity contribution in [3.05, 3.63) is 59.9 Å². The Morgan fingerprint density at radius 3 is 2.52 bits per heavy atom. The normalized spacial score (nSPS) is 16.3. The number of carbonyl (C=O) groups excluding carboxylic acids is 3. The summed E-state index contributed by atoms with van der Waals surface area (Å²) in [5.74, 6) is -1.56. The molecule has 1 aliphatic rings. The van der Waals surface area contributed by atoms with Gasteiger partial charge in [-0.15, -0.1) is 0 Å². The number of hydrogen-bond acceptors (Lipinski definition) is 3. The summed E-state index contributed by atoms with van der Waals surface area (Å²) >= 11 is 0. The molecule has 1 aliphatic heterocycles. The van der Waals surface area contributed by atoms with Gasteiger partial charge in [-0.3, -0.25) is 9.59 Å². The zero-order valence-electron chi connectivity index (χ0n) is 14.4. The number of nitrogens with zero attached hydrogens (tertiary/aromatic N) is 1. The Kier molecular flexibility index (Phi) is 5.35. The van der Waals surface area contributed by atoms with Crippen molar-refractivity contribution in [2.45, 2.75) is 13.0 Å². The van der Waals surface area contributed by atoms with E-state index in [9.17, 15) is 18.8 Å². The van der Waals surface area contributed by atoms with Crippen LogP contribution in [0.4, 0.5) is 20.6 Å².